The maximum absolute atomic E-state index is 12.8. The van der Waals surface area contributed by atoms with Gasteiger partial charge in [0.1, 0.15) is 6.20 Å². The first-order valence-corrected chi connectivity index (χ1v) is 8.71. The summed E-state index contributed by atoms with van der Waals surface area (Å²) in [7, 11) is 0. The number of rotatable bonds is 6. The van der Waals surface area contributed by atoms with Gasteiger partial charge in [0.25, 0.3) is 5.91 Å². The van der Waals surface area contributed by atoms with Crippen LogP contribution >= 0.6 is 11.6 Å². The molecule has 0 aliphatic rings. The Balaban J connectivity index is 2.00. The molecule has 3 rings (SSSR count). The summed E-state index contributed by atoms with van der Waals surface area (Å²) in [5, 5.41) is 18.0. The lowest BCUT2D eigenvalue weighted by Crippen LogP contribution is -2.20. The van der Waals surface area contributed by atoms with Crippen molar-refractivity contribution < 1.29 is 14.5 Å². The van der Waals surface area contributed by atoms with Crippen LogP contribution in [0.1, 0.15) is 33.3 Å². The van der Waals surface area contributed by atoms with Gasteiger partial charge in [-0.3, -0.25) is 24.4 Å². The lowest BCUT2D eigenvalue weighted by atomic mass is 10.0. The number of carbonyl (C=O) groups is 2. The van der Waals surface area contributed by atoms with Crippen LogP contribution in [-0.4, -0.2) is 26.4 Å². The zero-order chi connectivity index (χ0) is 20.3. The third kappa shape index (κ3) is 3.77. The van der Waals surface area contributed by atoms with E-state index in [1.807, 2.05) is 0 Å². The van der Waals surface area contributed by atoms with E-state index in [2.05, 4.69) is 10.4 Å². The van der Waals surface area contributed by atoms with Gasteiger partial charge in [-0.1, -0.05) is 41.9 Å². The number of amides is 1. The highest BCUT2D eigenvalue weighted by Gasteiger charge is 2.27. The van der Waals surface area contributed by atoms with Crippen molar-refractivity contribution in [1.29, 1.82) is 0 Å². The van der Waals surface area contributed by atoms with Gasteiger partial charge in [-0.2, -0.15) is 5.10 Å². The number of nitro groups is 1. The number of hydrogen-bond donors (Lipinski definition) is 1. The molecule has 9 heteroatoms. The molecule has 3 aromatic rings. The van der Waals surface area contributed by atoms with Crippen molar-refractivity contribution in [2.45, 2.75) is 13.5 Å². The van der Waals surface area contributed by atoms with Crippen molar-refractivity contribution in [3.63, 3.8) is 0 Å². The van der Waals surface area contributed by atoms with Gasteiger partial charge < -0.3 is 5.32 Å². The van der Waals surface area contributed by atoms with Crippen LogP contribution in [0.25, 0.3) is 0 Å². The molecule has 28 heavy (non-hydrogen) atoms. The number of aromatic nitrogens is 2. The van der Waals surface area contributed by atoms with E-state index in [0.717, 1.165) is 6.20 Å². The van der Waals surface area contributed by atoms with Crippen molar-refractivity contribution >= 4 is 34.7 Å². The van der Waals surface area contributed by atoms with Crippen LogP contribution in [0.3, 0.4) is 0 Å². The van der Waals surface area contributed by atoms with Gasteiger partial charge in [-0.15, -0.1) is 0 Å². The second kappa shape index (κ2) is 8.01. The fourth-order valence-corrected chi connectivity index (χ4v) is 2.89. The largest absolute Gasteiger partial charge is 0.320 e. The number of carbonyl (C=O) groups excluding carboxylic acids is 2. The maximum atomic E-state index is 12.8. The summed E-state index contributed by atoms with van der Waals surface area (Å²) in [5.74, 6) is -1.08. The van der Waals surface area contributed by atoms with Crippen molar-refractivity contribution in [1.82, 2.24) is 9.78 Å². The highest BCUT2D eigenvalue weighted by molar-refractivity contribution is 6.31. The Labute approximate surface area is 164 Å². The Morgan fingerprint density at radius 1 is 1.21 bits per heavy atom. The van der Waals surface area contributed by atoms with E-state index in [1.165, 1.54) is 22.9 Å². The molecule has 1 amide bonds. The molecular weight excluding hydrogens is 384 g/mol. The van der Waals surface area contributed by atoms with E-state index in [0.29, 0.717) is 10.6 Å². The summed E-state index contributed by atoms with van der Waals surface area (Å²) in [6.45, 7) is 1.98. The van der Waals surface area contributed by atoms with Crippen LogP contribution in [0, 0.1) is 10.1 Å². The summed E-state index contributed by atoms with van der Waals surface area (Å²) >= 11 is 6.03. The third-order valence-electron chi connectivity index (χ3n) is 4.04. The zero-order valence-electron chi connectivity index (χ0n) is 14.8. The van der Waals surface area contributed by atoms with E-state index in [4.69, 9.17) is 11.6 Å². The molecule has 2 aromatic carbocycles. The highest BCUT2D eigenvalue weighted by atomic mass is 35.5. The van der Waals surface area contributed by atoms with E-state index in [-0.39, 0.29) is 29.3 Å². The van der Waals surface area contributed by atoms with Gasteiger partial charge in [0, 0.05) is 22.7 Å². The standard InChI is InChI=1S/C19H15ClN4O4/c1-2-23-17(16(11-21-23)24(27)28)19(26)22-15-9-8-13(20)10-14(15)18(25)12-6-4-3-5-7-12/h3-11H,2H2,1H3,(H,22,26). The molecule has 8 nitrogen and oxygen atoms in total. The first-order valence-electron chi connectivity index (χ1n) is 8.33. The Morgan fingerprint density at radius 2 is 1.93 bits per heavy atom. The Kier molecular flexibility index (Phi) is 5.51. The Bertz CT molecular complexity index is 1060. The highest BCUT2D eigenvalue weighted by Crippen LogP contribution is 2.26. The number of anilines is 1. The van der Waals surface area contributed by atoms with Crippen LogP contribution < -0.4 is 5.32 Å². The molecule has 0 aliphatic carbocycles. The molecule has 0 saturated carbocycles. The summed E-state index contributed by atoms with van der Waals surface area (Å²) in [6.07, 6.45) is 1.02. The van der Waals surface area contributed by atoms with Crippen molar-refractivity contribution in [2.75, 3.05) is 5.32 Å². The van der Waals surface area contributed by atoms with Crippen molar-refractivity contribution in [3.8, 4) is 0 Å². The molecule has 1 heterocycles. The predicted octanol–water partition coefficient (Wildman–Crippen LogP) is 3.95. The molecule has 0 atom stereocenters. The molecule has 1 aromatic heterocycles. The first-order chi connectivity index (χ1) is 13.4. The van der Waals surface area contributed by atoms with Gasteiger partial charge in [-0.05, 0) is 25.1 Å². The number of nitrogens with one attached hydrogen (secondary N) is 1. The number of hydrogen-bond acceptors (Lipinski definition) is 5. The summed E-state index contributed by atoms with van der Waals surface area (Å²) < 4.78 is 1.22. The topological polar surface area (TPSA) is 107 Å². The molecule has 0 aliphatic heterocycles. The van der Waals surface area contributed by atoms with Crippen LogP contribution in [0.5, 0.6) is 0 Å². The second-order valence-electron chi connectivity index (χ2n) is 5.79. The second-order valence-corrected chi connectivity index (χ2v) is 6.23. The fraction of sp³-hybridized carbons (Fsp3) is 0.105. The number of halogens is 1. The lowest BCUT2D eigenvalue weighted by Gasteiger charge is -2.11. The Hall–Kier alpha value is -3.52. The normalized spacial score (nSPS) is 10.5. The quantitative estimate of drug-likeness (QED) is 0.384. The molecule has 0 fully saturated rings. The summed E-state index contributed by atoms with van der Waals surface area (Å²) in [5.41, 5.74) is 0.188. The monoisotopic (exact) mass is 398 g/mol. The molecule has 0 unspecified atom stereocenters. The zero-order valence-corrected chi connectivity index (χ0v) is 15.5. The third-order valence-corrected chi connectivity index (χ3v) is 4.28. The fourth-order valence-electron chi connectivity index (χ4n) is 2.72. The predicted molar refractivity (Wildman–Crippen MR) is 104 cm³/mol. The number of benzene rings is 2. The van der Waals surface area contributed by atoms with Gasteiger partial charge in [-0.25, -0.2) is 0 Å². The van der Waals surface area contributed by atoms with E-state index < -0.39 is 16.5 Å². The van der Waals surface area contributed by atoms with Crippen LogP contribution in [-0.2, 0) is 6.54 Å². The average Bonchev–Trinajstić information content (AvgIpc) is 3.14. The maximum Gasteiger partial charge on any atom is 0.320 e. The van der Waals surface area contributed by atoms with E-state index in [1.54, 1.807) is 37.3 Å². The molecule has 0 spiro atoms. The first kappa shape index (κ1) is 19.2. The number of nitrogens with zero attached hydrogens (tertiary/aromatic N) is 3. The van der Waals surface area contributed by atoms with E-state index in [9.17, 15) is 19.7 Å². The van der Waals surface area contributed by atoms with Crippen molar-refractivity contribution in [3.05, 3.63) is 86.7 Å². The minimum absolute atomic E-state index is 0.178. The minimum atomic E-state index is -0.740. The van der Waals surface area contributed by atoms with Crippen molar-refractivity contribution in [2.24, 2.45) is 0 Å². The average molecular weight is 399 g/mol. The van der Waals surface area contributed by atoms with Gasteiger partial charge in [0.05, 0.1) is 10.6 Å². The molecular formula is C19H15ClN4O4. The van der Waals surface area contributed by atoms with Gasteiger partial charge in [0.2, 0.25) is 5.69 Å². The summed E-state index contributed by atoms with van der Waals surface area (Å²) in [6, 6.07) is 13.0. The smallest absolute Gasteiger partial charge is 0.320 e. The van der Waals surface area contributed by atoms with Crippen LogP contribution in [0.15, 0.2) is 54.7 Å². The molecule has 0 bridgehead atoms. The minimum Gasteiger partial charge on any atom is -0.320 e. The molecule has 0 radical (unpaired) electrons. The number of aryl methyl sites for hydroxylation is 1. The lowest BCUT2D eigenvalue weighted by molar-refractivity contribution is -0.385. The van der Waals surface area contributed by atoms with E-state index >= 15 is 0 Å². The molecule has 1 N–H and O–H groups in total. The SMILES string of the molecule is CCn1ncc([N+](=O)[O-])c1C(=O)Nc1ccc(Cl)cc1C(=O)c1ccccc1. The summed E-state index contributed by atoms with van der Waals surface area (Å²) in [4.78, 5) is 36.1. The molecule has 142 valence electrons. The van der Waals surface area contributed by atoms with Gasteiger partial charge >= 0.3 is 5.69 Å². The van der Waals surface area contributed by atoms with Crippen LogP contribution in [0.4, 0.5) is 11.4 Å². The number of ketones is 1. The van der Waals surface area contributed by atoms with Gasteiger partial charge in [0.15, 0.2) is 5.78 Å². The van der Waals surface area contributed by atoms with Crippen LogP contribution in [0.2, 0.25) is 5.02 Å². The molecule has 0 saturated heterocycles. The Morgan fingerprint density at radius 3 is 2.57 bits per heavy atom.